The number of aliphatic imine (C=N–C) groups is 1. The molecule has 1 saturated carbocycles. The van der Waals surface area contributed by atoms with E-state index in [1.807, 2.05) is 12.1 Å². The Morgan fingerprint density at radius 3 is 2.74 bits per heavy atom. The van der Waals surface area contributed by atoms with Gasteiger partial charge in [-0.05, 0) is 73.4 Å². The number of rotatable bonds is 7. The van der Waals surface area contributed by atoms with Crippen LogP contribution in [0.25, 0.3) is 11.3 Å². The Bertz CT molecular complexity index is 1130. The number of benzene rings is 1. The lowest BCUT2D eigenvalue weighted by molar-refractivity contribution is -0.115. The van der Waals surface area contributed by atoms with E-state index in [1.165, 1.54) is 5.56 Å². The van der Waals surface area contributed by atoms with Crippen molar-refractivity contribution in [3.63, 3.8) is 0 Å². The van der Waals surface area contributed by atoms with Crippen LogP contribution in [-0.2, 0) is 11.3 Å². The molecular formula is C25H27N5O3S. The fourth-order valence-corrected chi connectivity index (χ4v) is 5.09. The first-order valence-corrected chi connectivity index (χ1v) is 12.3. The largest absolute Gasteiger partial charge is 0.464 e. The fraction of sp³-hybridized carbons (Fsp3) is 0.320. The molecule has 4 N–H and O–H groups in total. The number of imide groups is 1. The van der Waals surface area contributed by atoms with Gasteiger partial charge in [0.1, 0.15) is 5.76 Å². The number of hydrogen-bond acceptors (Lipinski definition) is 8. The lowest BCUT2D eigenvalue weighted by Crippen LogP contribution is -2.49. The second-order valence-corrected chi connectivity index (χ2v) is 9.61. The van der Waals surface area contributed by atoms with E-state index in [-0.39, 0.29) is 17.4 Å². The minimum atomic E-state index is -0.358. The Balaban J connectivity index is 1.07. The molecule has 1 atom stereocenters. The van der Waals surface area contributed by atoms with E-state index in [0.717, 1.165) is 61.0 Å². The van der Waals surface area contributed by atoms with Gasteiger partial charge in [-0.3, -0.25) is 25.2 Å². The van der Waals surface area contributed by atoms with Gasteiger partial charge in [-0.25, -0.2) is 0 Å². The van der Waals surface area contributed by atoms with Gasteiger partial charge >= 0.3 is 0 Å². The molecule has 34 heavy (non-hydrogen) atoms. The van der Waals surface area contributed by atoms with Gasteiger partial charge in [-0.15, -0.1) is 0 Å². The molecule has 176 valence electrons. The number of thioether (sulfide) groups is 1. The van der Waals surface area contributed by atoms with Gasteiger partial charge in [0.2, 0.25) is 0 Å². The molecule has 8 nitrogen and oxygen atoms in total. The summed E-state index contributed by atoms with van der Waals surface area (Å²) >= 11 is 0.912. The van der Waals surface area contributed by atoms with Crippen LogP contribution in [0, 0.1) is 0 Å². The van der Waals surface area contributed by atoms with Gasteiger partial charge in [-0.1, -0.05) is 18.2 Å². The molecule has 2 amide bonds. The van der Waals surface area contributed by atoms with Crippen LogP contribution < -0.4 is 21.3 Å². The number of hydrogen-bond donors (Lipinski definition) is 4. The highest BCUT2D eigenvalue weighted by molar-refractivity contribution is 8.18. The highest BCUT2D eigenvalue weighted by Crippen LogP contribution is 2.25. The summed E-state index contributed by atoms with van der Waals surface area (Å²) in [6, 6.07) is 13.2. The molecule has 3 heterocycles. The number of nitrogens with one attached hydrogen (secondary N) is 4. The van der Waals surface area contributed by atoms with Crippen molar-refractivity contribution in [3.05, 3.63) is 71.0 Å². The van der Waals surface area contributed by atoms with Crippen molar-refractivity contribution >= 4 is 29.1 Å². The smallest absolute Gasteiger partial charge is 0.290 e. The molecule has 2 aliphatic heterocycles. The monoisotopic (exact) mass is 477 g/mol. The maximum atomic E-state index is 11.8. The number of carbonyl (C=O) groups is 2. The average Bonchev–Trinajstić information content (AvgIpc) is 3.49. The van der Waals surface area contributed by atoms with E-state index in [2.05, 4.69) is 50.5 Å². The van der Waals surface area contributed by atoms with E-state index >= 15 is 0 Å². The van der Waals surface area contributed by atoms with Crippen molar-refractivity contribution in [1.29, 1.82) is 0 Å². The van der Waals surface area contributed by atoms with Crippen molar-refractivity contribution in [2.75, 3.05) is 0 Å². The summed E-state index contributed by atoms with van der Waals surface area (Å²) in [4.78, 5) is 28.0. The maximum absolute atomic E-state index is 11.8. The highest BCUT2D eigenvalue weighted by atomic mass is 32.2. The van der Waals surface area contributed by atoms with E-state index < -0.39 is 0 Å². The highest BCUT2D eigenvalue weighted by Gasteiger charge is 2.27. The van der Waals surface area contributed by atoms with Gasteiger partial charge in [0.15, 0.2) is 6.29 Å². The predicted molar refractivity (Wildman–Crippen MR) is 133 cm³/mol. The molecule has 0 spiro atoms. The number of carbonyl (C=O) groups excluding carboxylic acids is 2. The van der Waals surface area contributed by atoms with Crippen molar-refractivity contribution in [2.45, 2.75) is 50.6 Å². The molecule has 1 aliphatic carbocycles. The quantitative estimate of drug-likeness (QED) is 0.451. The van der Waals surface area contributed by atoms with Gasteiger partial charge in [0.05, 0.1) is 11.2 Å². The summed E-state index contributed by atoms with van der Waals surface area (Å²) in [5, 5.41) is 12.5. The fourth-order valence-electron chi connectivity index (χ4n) is 4.42. The molecule has 2 fully saturated rings. The minimum Gasteiger partial charge on any atom is -0.464 e. The lowest BCUT2D eigenvalue weighted by atomic mass is 9.91. The van der Waals surface area contributed by atoms with E-state index in [9.17, 15) is 9.59 Å². The first-order valence-electron chi connectivity index (χ1n) is 11.5. The van der Waals surface area contributed by atoms with E-state index in [1.54, 1.807) is 24.6 Å². The Labute approximate surface area is 202 Å². The van der Waals surface area contributed by atoms with Crippen LogP contribution in [0.3, 0.4) is 0 Å². The average molecular weight is 478 g/mol. The third-order valence-corrected chi connectivity index (χ3v) is 6.98. The third kappa shape index (κ3) is 5.67. The van der Waals surface area contributed by atoms with Crippen molar-refractivity contribution in [1.82, 2.24) is 21.3 Å². The van der Waals surface area contributed by atoms with Gasteiger partial charge in [-0.2, -0.15) is 0 Å². The van der Waals surface area contributed by atoms with Crippen molar-refractivity contribution in [2.24, 2.45) is 4.99 Å². The Morgan fingerprint density at radius 2 is 1.97 bits per heavy atom. The summed E-state index contributed by atoms with van der Waals surface area (Å²) in [5.41, 5.74) is 3.10. The molecule has 5 rings (SSSR count). The molecule has 0 bridgehead atoms. The molecule has 2 aromatic rings. The lowest BCUT2D eigenvalue weighted by Gasteiger charge is -2.32. The number of allylic oxidation sites excluding steroid dienone is 2. The topological polar surface area (TPSA) is 108 Å². The molecular weight excluding hydrogens is 450 g/mol. The summed E-state index contributed by atoms with van der Waals surface area (Å²) in [6.07, 6.45) is 11.0. The molecule has 0 radical (unpaired) electrons. The van der Waals surface area contributed by atoms with E-state index in [0.29, 0.717) is 17.0 Å². The van der Waals surface area contributed by atoms with Crippen LogP contribution in [0.15, 0.2) is 74.8 Å². The summed E-state index contributed by atoms with van der Waals surface area (Å²) in [6.45, 7) is 0.836. The predicted octanol–water partition coefficient (Wildman–Crippen LogP) is 3.65. The summed E-state index contributed by atoms with van der Waals surface area (Å²) < 4.78 is 5.51. The van der Waals surface area contributed by atoms with Crippen LogP contribution in [0.1, 0.15) is 31.2 Å². The zero-order valence-electron chi connectivity index (χ0n) is 18.6. The maximum Gasteiger partial charge on any atom is 0.290 e. The van der Waals surface area contributed by atoms with Gasteiger partial charge in [0.25, 0.3) is 11.1 Å². The summed E-state index contributed by atoms with van der Waals surface area (Å²) in [7, 11) is 0. The van der Waals surface area contributed by atoms with Gasteiger partial charge in [0, 0.05) is 36.1 Å². The molecule has 9 heteroatoms. The number of nitrogens with zero attached hydrogens (tertiary/aromatic N) is 1. The first kappa shape index (κ1) is 22.6. The third-order valence-electron chi connectivity index (χ3n) is 6.17. The molecule has 3 aliphatic rings. The minimum absolute atomic E-state index is 0.249. The van der Waals surface area contributed by atoms with Crippen molar-refractivity contribution in [3.8, 4) is 11.3 Å². The first-order chi connectivity index (χ1) is 16.6. The second kappa shape index (κ2) is 10.4. The number of furan rings is 1. The van der Waals surface area contributed by atoms with E-state index in [4.69, 9.17) is 4.42 Å². The van der Waals surface area contributed by atoms with Crippen LogP contribution in [0.5, 0.6) is 0 Å². The molecule has 1 unspecified atom stereocenters. The number of amides is 2. The Morgan fingerprint density at radius 1 is 1.12 bits per heavy atom. The van der Waals surface area contributed by atoms with Crippen molar-refractivity contribution < 1.29 is 14.0 Å². The van der Waals surface area contributed by atoms with Crippen LogP contribution in [-0.4, -0.2) is 35.7 Å². The van der Waals surface area contributed by atoms with Crippen LogP contribution >= 0.6 is 11.8 Å². The molecule has 1 saturated heterocycles. The molecule has 1 aromatic heterocycles. The second-order valence-electron chi connectivity index (χ2n) is 8.59. The van der Waals surface area contributed by atoms with Gasteiger partial charge < -0.3 is 15.1 Å². The zero-order valence-corrected chi connectivity index (χ0v) is 19.4. The Kier molecular flexibility index (Phi) is 6.94. The SMILES string of the molecule is O=C1NC(=O)/C(=C/C2=CC=NC(N[C@H]3CC[C@H](NCc4cccc(-c5ccco5)c4)CC3)N2)S1. The van der Waals surface area contributed by atoms with Crippen LogP contribution in [0.2, 0.25) is 0 Å². The molecule has 1 aromatic carbocycles. The standard InChI is InChI=1S/C25H27N5O3S/c31-23-22(34-25(32)30-23)14-20-10-11-26-24(29-20)28-19-8-6-18(7-9-19)27-15-16-3-1-4-17(13-16)21-5-2-12-33-21/h1-5,10-14,18-19,24,27-29H,6-9,15H2,(H,30,31,32)/b22-14-/t18-,19-,24?. The zero-order chi connectivity index (χ0) is 23.3. The summed E-state index contributed by atoms with van der Waals surface area (Å²) in [5.74, 6) is 0.531. The van der Waals surface area contributed by atoms with Crippen LogP contribution in [0.4, 0.5) is 4.79 Å². The normalized spacial score (nSPS) is 25.8. The Hall–Kier alpha value is -3.14.